The maximum atomic E-state index is 11.7. The molecule has 0 atom stereocenters. The molecule has 2 aromatic rings. The van der Waals surface area contributed by atoms with Crippen LogP contribution in [0.2, 0.25) is 0 Å². The molecule has 0 aliphatic carbocycles. The van der Waals surface area contributed by atoms with Crippen molar-refractivity contribution in [2.75, 3.05) is 0 Å². The average molecular weight is 268 g/mol. The van der Waals surface area contributed by atoms with E-state index in [-0.39, 0.29) is 13.0 Å². The number of rotatable bonds is 5. The van der Waals surface area contributed by atoms with Gasteiger partial charge < -0.3 is 4.74 Å². The summed E-state index contributed by atoms with van der Waals surface area (Å²) in [5.41, 5.74) is 2.80. The number of esters is 1. The molecule has 0 aliphatic heterocycles. The summed E-state index contributed by atoms with van der Waals surface area (Å²) in [5.74, 6) is -1.31. The first-order chi connectivity index (χ1) is 9.65. The van der Waals surface area contributed by atoms with Crippen LogP contribution in [0.25, 0.3) is 0 Å². The molecule has 0 radical (unpaired) electrons. The van der Waals surface area contributed by atoms with E-state index in [9.17, 15) is 9.59 Å². The predicted octanol–water partition coefficient (Wildman–Crippen LogP) is 2.85. The third-order valence-electron chi connectivity index (χ3n) is 2.93. The lowest BCUT2D eigenvalue weighted by Gasteiger charge is -2.04. The van der Waals surface area contributed by atoms with E-state index in [4.69, 9.17) is 4.74 Å². The van der Waals surface area contributed by atoms with E-state index in [0.717, 1.165) is 16.7 Å². The SMILES string of the molecule is Cc1ccc(CC(=O)C(=O)OCc2ccccc2)cc1. The molecule has 3 nitrogen and oxygen atoms in total. The molecule has 2 rings (SSSR count). The predicted molar refractivity (Wildman–Crippen MR) is 76.1 cm³/mol. The zero-order chi connectivity index (χ0) is 14.4. The second-order valence-electron chi connectivity index (χ2n) is 4.65. The summed E-state index contributed by atoms with van der Waals surface area (Å²) in [6, 6.07) is 16.8. The minimum Gasteiger partial charge on any atom is -0.455 e. The Morgan fingerprint density at radius 2 is 1.55 bits per heavy atom. The van der Waals surface area contributed by atoms with E-state index >= 15 is 0 Å². The van der Waals surface area contributed by atoms with E-state index in [1.54, 1.807) is 0 Å². The highest BCUT2D eigenvalue weighted by atomic mass is 16.5. The van der Waals surface area contributed by atoms with Crippen LogP contribution in [-0.2, 0) is 27.4 Å². The van der Waals surface area contributed by atoms with Crippen molar-refractivity contribution in [3.63, 3.8) is 0 Å². The summed E-state index contributed by atoms with van der Waals surface area (Å²) >= 11 is 0. The largest absolute Gasteiger partial charge is 0.455 e. The van der Waals surface area contributed by atoms with Crippen molar-refractivity contribution in [1.29, 1.82) is 0 Å². The molecule has 0 heterocycles. The van der Waals surface area contributed by atoms with Crippen LogP contribution in [0.15, 0.2) is 54.6 Å². The van der Waals surface area contributed by atoms with Gasteiger partial charge in [0.15, 0.2) is 0 Å². The van der Waals surface area contributed by atoms with Gasteiger partial charge >= 0.3 is 5.97 Å². The molecule has 2 aromatic carbocycles. The molecular formula is C17H16O3. The lowest BCUT2D eigenvalue weighted by atomic mass is 10.1. The Morgan fingerprint density at radius 3 is 2.20 bits per heavy atom. The van der Waals surface area contributed by atoms with Crippen molar-refractivity contribution in [2.45, 2.75) is 20.0 Å². The fourth-order valence-electron chi connectivity index (χ4n) is 1.77. The highest BCUT2D eigenvalue weighted by Gasteiger charge is 2.15. The van der Waals surface area contributed by atoms with Gasteiger partial charge in [-0.2, -0.15) is 0 Å². The van der Waals surface area contributed by atoms with Gasteiger partial charge in [0.25, 0.3) is 0 Å². The number of hydrogen-bond acceptors (Lipinski definition) is 3. The van der Waals surface area contributed by atoms with Gasteiger partial charge in [-0.25, -0.2) is 4.79 Å². The Balaban J connectivity index is 1.86. The number of aryl methyl sites for hydroxylation is 1. The number of carbonyl (C=O) groups excluding carboxylic acids is 2. The van der Waals surface area contributed by atoms with Crippen molar-refractivity contribution in [3.05, 3.63) is 71.3 Å². The van der Waals surface area contributed by atoms with Gasteiger partial charge in [0, 0.05) is 6.42 Å². The van der Waals surface area contributed by atoms with Crippen molar-refractivity contribution in [3.8, 4) is 0 Å². The second kappa shape index (κ2) is 6.66. The van der Waals surface area contributed by atoms with Crippen LogP contribution in [-0.4, -0.2) is 11.8 Å². The van der Waals surface area contributed by atoms with Gasteiger partial charge in [0.05, 0.1) is 0 Å². The highest BCUT2D eigenvalue weighted by molar-refractivity contribution is 6.34. The van der Waals surface area contributed by atoms with E-state index in [2.05, 4.69) is 0 Å². The minimum absolute atomic E-state index is 0.0773. The normalized spacial score (nSPS) is 10.1. The quantitative estimate of drug-likeness (QED) is 0.618. The molecule has 0 unspecified atom stereocenters. The van der Waals surface area contributed by atoms with Crippen LogP contribution in [0.3, 0.4) is 0 Å². The van der Waals surface area contributed by atoms with Crippen LogP contribution < -0.4 is 0 Å². The van der Waals surface area contributed by atoms with Gasteiger partial charge in [0.1, 0.15) is 6.61 Å². The Hall–Kier alpha value is -2.42. The summed E-state index contributed by atoms with van der Waals surface area (Å²) in [6.45, 7) is 2.10. The summed E-state index contributed by atoms with van der Waals surface area (Å²) in [4.78, 5) is 23.4. The van der Waals surface area contributed by atoms with E-state index in [0.29, 0.717) is 0 Å². The third-order valence-corrected chi connectivity index (χ3v) is 2.93. The van der Waals surface area contributed by atoms with Crippen molar-refractivity contribution < 1.29 is 14.3 Å². The van der Waals surface area contributed by atoms with Crippen LogP contribution >= 0.6 is 0 Å². The first-order valence-corrected chi connectivity index (χ1v) is 6.44. The number of carbonyl (C=O) groups is 2. The molecule has 0 saturated carbocycles. The number of ether oxygens (including phenoxy) is 1. The summed E-state index contributed by atoms with van der Waals surface area (Å²) in [5, 5.41) is 0. The maximum Gasteiger partial charge on any atom is 0.375 e. The van der Waals surface area contributed by atoms with Crippen LogP contribution in [0, 0.1) is 6.92 Å². The molecule has 0 amide bonds. The summed E-state index contributed by atoms with van der Waals surface area (Å²) in [7, 11) is 0. The van der Waals surface area contributed by atoms with Gasteiger partial charge in [-0.1, -0.05) is 60.2 Å². The van der Waals surface area contributed by atoms with E-state index in [1.165, 1.54) is 0 Å². The molecule has 0 spiro atoms. The lowest BCUT2D eigenvalue weighted by molar-refractivity contribution is -0.154. The maximum absolute atomic E-state index is 11.7. The Labute approximate surface area is 118 Å². The molecule has 0 bridgehead atoms. The fraction of sp³-hybridized carbons (Fsp3) is 0.176. The zero-order valence-electron chi connectivity index (χ0n) is 11.3. The van der Waals surface area contributed by atoms with Gasteiger partial charge in [-0.3, -0.25) is 4.79 Å². The van der Waals surface area contributed by atoms with Gasteiger partial charge in [0.2, 0.25) is 5.78 Å². The lowest BCUT2D eigenvalue weighted by Crippen LogP contribution is -2.19. The third kappa shape index (κ3) is 4.05. The summed E-state index contributed by atoms with van der Waals surface area (Å²) in [6.07, 6.45) is 0.0773. The van der Waals surface area contributed by atoms with Gasteiger partial charge in [-0.05, 0) is 18.1 Å². The molecule has 3 heteroatoms. The average Bonchev–Trinajstić information content (AvgIpc) is 2.48. The number of ketones is 1. The number of Topliss-reactive ketones (excluding diaryl/α,β-unsaturated/α-hetero) is 1. The molecule has 20 heavy (non-hydrogen) atoms. The van der Waals surface area contributed by atoms with E-state index in [1.807, 2.05) is 61.5 Å². The molecule has 0 aromatic heterocycles. The first kappa shape index (κ1) is 14.0. The summed E-state index contributed by atoms with van der Waals surface area (Å²) < 4.78 is 5.00. The highest BCUT2D eigenvalue weighted by Crippen LogP contribution is 2.06. The minimum atomic E-state index is -0.783. The molecule has 0 aliphatic rings. The molecule has 0 fully saturated rings. The second-order valence-corrected chi connectivity index (χ2v) is 4.65. The smallest absolute Gasteiger partial charge is 0.375 e. The van der Waals surface area contributed by atoms with Crippen molar-refractivity contribution in [2.24, 2.45) is 0 Å². The van der Waals surface area contributed by atoms with E-state index < -0.39 is 11.8 Å². The topological polar surface area (TPSA) is 43.4 Å². The zero-order valence-corrected chi connectivity index (χ0v) is 11.3. The van der Waals surface area contributed by atoms with Crippen LogP contribution in [0.4, 0.5) is 0 Å². The van der Waals surface area contributed by atoms with Gasteiger partial charge in [-0.15, -0.1) is 0 Å². The monoisotopic (exact) mass is 268 g/mol. The molecule has 102 valence electrons. The van der Waals surface area contributed by atoms with Crippen molar-refractivity contribution >= 4 is 11.8 Å². The Bertz CT molecular complexity index is 585. The Morgan fingerprint density at radius 1 is 0.900 bits per heavy atom. The molecule has 0 saturated heterocycles. The van der Waals surface area contributed by atoms with Crippen LogP contribution in [0.1, 0.15) is 16.7 Å². The number of benzene rings is 2. The molecule has 0 N–H and O–H groups in total. The number of hydrogen-bond donors (Lipinski definition) is 0. The van der Waals surface area contributed by atoms with Crippen molar-refractivity contribution in [1.82, 2.24) is 0 Å². The Kier molecular flexibility index (Phi) is 4.66. The van der Waals surface area contributed by atoms with Crippen LogP contribution in [0.5, 0.6) is 0 Å². The molecular weight excluding hydrogens is 252 g/mol. The standard InChI is InChI=1S/C17H16O3/c1-13-7-9-14(10-8-13)11-16(18)17(19)20-12-15-5-3-2-4-6-15/h2-10H,11-12H2,1H3. The fourth-order valence-corrected chi connectivity index (χ4v) is 1.77. The first-order valence-electron chi connectivity index (χ1n) is 6.44.